The van der Waals surface area contributed by atoms with Crippen LogP contribution in [0.2, 0.25) is 0 Å². The maximum absolute atomic E-state index is 11.6. The van der Waals surface area contributed by atoms with Crippen molar-refractivity contribution in [3.63, 3.8) is 0 Å². The molecule has 7 heteroatoms. The highest BCUT2D eigenvalue weighted by Gasteiger charge is 2.14. The predicted molar refractivity (Wildman–Crippen MR) is 76.5 cm³/mol. The van der Waals surface area contributed by atoms with E-state index in [1.165, 1.54) is 6.26 Å². The van der Waals surface area contributed by atoms with Crippen molar-refractivity contribution in [1.29, 1.82) is 0 Å². The third-order valence-electron chi connectivity index (χ3n) is 3.09. The molecule has 2 rings (SSSR count). The first-order chi connectivity index (χ1) is 9.40. The van der Waals surface area contributed by atoms with Crippen LogP contribution in [0.15, 0.2) is 41.6 Å². The number of sulfone groups is 1. The van der Waals surface area contributed by atoms with Crippen LogP contribution in [-0.2, 0) is 23.3 Å². The van der Waals surface area contributed by atoms with Crippen LogP contribution in [0.1, 0.15) is 17.2 Å². The van der Waals surface area contributed by atoms with Gasteiger partial charge in [0.1, 0.15) is 0 Å². The summed E-state index contributed by atoms with van der Waals surface area (Å²) < 4.78 is 24.9. The molecule has 2 aromatic rings. The molecule has 1 atom stereocenters. The lowest BCUT2D eigenvalue weighted by atomic mass is 10.0. The minimum absolute atomic E-state index is 0.166. The molecule has 0 bridgehead atoms. The molecular formula is C13H18N4O2S. The molecule has 0 spiro atoms. The van der Waals surface area contributed by atoms with E-state index < -0.39 is 9.84 Å². The molecule has 20 heavy (non-hydrogen) atoms. The van der Waals surface area contributed by atoms with Crippen LogP contribution in [0, 0.1) is 0 Å². The third kappa shape index (κ3) is 3.44. The van der Waals surface area contributed by atoms with Gasteiger partial charge < -0.3 is 0 Å². The first kappa shape index (κ1) is 14.7. The molecule has 1 aromatic carbocycles. The van der Waals surface area contributed by atoms with Gasteiger partial charge in [0.25, 0.3) is 0 Å². The number of aryl methyl sites for hydroxylation is 1. The van der Waals surface area contributed by atoms with E-state index in [1.54, 1.807) is 29.1 Å². The van der Waals surface area contributed by atoms with Gasteiger partial charge in [-0.3, -0.25) is 16.0 Å². The first-order valence-corrected chi connectivity index (χ1v) is 8.03. The van der Waals surface area contributed by atoms with Gasteiger partial charge in [0.2, 0.25) is 0 Å². The highest BCUT2D eigenvalue weighted by Crippen LogP contribution is 2.20. The summed E-state index contributed by atoms with van der Waals surface area (Å²) in [7, 11) is -1.37. The smallest absolute Gasteiger partial charge is 0.175 e. The van der Waals surface area contributed by atoms with Crippen molar-refractivity contribution in [2.45, 2.75) is 17.4 Å². The van der Waals surface area contributed by atoms with E-state index in [1.807, 2.05) is 19.3 Å². The number of hydrogen-bond donors (Lipinski definition) is 2. The highest BCUT2D eigenvalue weighted by atomic mass is 32.2. The maximum atomic E-state index is 11.6. The highest BCUT2D eigenvalue weighted by molar-refractivity contribution is 7.90. The Labute approximate surface area is 118 Å². The van der Waals surface area contributed by atoms with Gasteiger partial charge in [0, 0.05) is 19.5 Å². The number of nitrogens with one attached hydrogen (secondary N) is 1. The second-order valence-electron chi connectivity index (χ2n) is 4.79. The standard InChI is InChI=1S/C13H18N4O2S/c1-17-9-10(8-15-17)6-13(16-14)11-4-3-5-12(7-11)20(2,18)19/h3-5,7-9,13,16H,6,14H2,1-2H3. The molecule has 0 aliphatic carbocycles. The lowest BCUT2D eigenvalue weighted by molar-refractivity contribution is 0.550. The minimum atomic E-state index is -3.22. The van der Waals surface area contributed by atoms with E-state index in [-0.39, 0.29) is 6.04 Å². The van der Waals surface area contributed by atoms with Crippen LogP contribution in [0.25, 0.3) is 0 Å². The Morgan fingerprint density at radius 3 is 2.75 bits per heavy atom. The molecule has 1 heterocycles. The fourth-order valence-corrected chi connectivity index (χ4v) is 2.72. The fraction of sp³-hybridized carbons (Fsp3) is 0.308. The zero-order valence-electron chi connectivity index (χ0n) is 11.4. The van der Waals surface area contributed by atoms with E-state index >= 15 is 0 Å². The van der Waals surface area contributed by atoms with Crippen LogP contribution >= 0.6 is 0 Å². The van der Waals surface area contributed by atoms with E-state index in [0.29, 0.717) is 11.3 Å². The summed E-state index contributed by atoms with van der Waals surface area (Å²) in [5.74, 6) is 5.59. The fourth-order valence-electron chi connectivity index (χ4n) is 2.05. The summed E-state index contributed by atoms with van der Waals surface area (Å²) in [4.78, 5) is 0.293. The average Bonchev–Trinajstić information content (AvgIpc) is 2.81. The monoisotopic (exact) mass is 294 g/mol. The second-order valence-corrected chi connectivity index (χ2v) is 6.81. The Morgan fingerprint density at radius 1 is 1.45 bits per heavy atom. The summed E-state index contributed by atoms with van der Waals surface area (Å²) in [6.07, 6.45) is 5.51. The van der Waals surface area contributed by atoms with Crippen LogP contribution in [-0.4, -0.2) is 24.5 Å². The van der Waals surface area contributed by atoms with Gasteiger partial charge >= 0.3 is 0 Å². The molecule has 6 nitrogen and oxygen atoms in total. The largest absolute Gasteiger partial charge is 0.276 e. The summed E-state index contributed by atoms with van der Waals surface area (Å²) in [6, 6.07) is 6.64. The molecule has 0 amide bonds. The molecule has 3 N–H and O–H groups in total. The Kier molecular flexibility index (Phi) is 4.22. The van der Waals surface area contributed by atoms with Crippen LogP contribution in [0.3, 0.4) is 0 Å². The number of nitrogens with two attached hydrogens (primary N) is 1. The van der Waals surface area contributed by atoms with Crippen molar-refractivity contribution in [3.8, 4) is 0 Å². The normalized spacial score (nSPS) is 13.3. The van der Waals surface area contributed by atoms with Gasteiger partial charge in [-0.05, 0) is 29.7 Å². The van der Waals surface area contributed by atoms with Gasteiger partial charge in [0.05, 0.1) is 17.1 Å². The third-order valence-corrected chi connectivity index (χ3v) is 4.20. The molecule has 1 unspecified atom stereocenters. The number of benzene rings is 1. The Morgan fingerprint density at radius 2 is 2.20 bits per heavy atom. The zero-order chi connectivity index (χ0) is 14.8. The number of aromatic nitrogens is 2. The molecule has 1 aromatic heterocycles. The van der Waals surface area contributed by atoms with E-state index in [9.17, 15) is 8.42 Å². The summed E-state index contributed by atoms with van der Waals surface area (Å²) in [6.45, 7) is 0. The van der Waals surface area contributed by atoms with E-state index in [2.05, 4.69) is 10.5 Å². The summed E-state index contributed by atoms with van der Waals surface area (Å²) >= 11 is 0. The van der Waals surface area contributed by atoms with Gasteiger partial charge in [-0.2, -0.15) is 5.10 Å². The number of rotatable bonds is 5. The van der Waals surface area contributed by atoms with Crippen molar-refractivity contribution in [1.82, 2.24) is 15.2 Å². The topological polar surface area (TPSA) is 90.0 Å². The average molecular weight is 294 g/mol. The Bertz CT molecular complexity index is 694. The molecule has 0 fully saturated rings. The minimum Gasteiger partial charge on any atom is -0.276 e. The van der Waals surface area contributed by atoms with Gasteiger partial charge in [-0.25, -0.2) is 8.42 Å². The van der Waals surface area contributed by atoms with Crippen molar-refractivity contribution in [2.24, 2.45) is 12.9 Å². The molecule has 0 saturated heterocycles. The second kappa shape index (κ2) is 5.74. The van der Waals surface area contributed by atoms with Gasteiger partial charge in [-0.1, -0.05) is 12.1 Å². The van der Waals surface area contributed by atoms with Crippen LogP contribution in [0.5, 0.6) is 0 Å². The van der Waals surface area contributed by atoms with Crippen molar-refractivity contribution in [2.75, 3.05) is 6.26 Å². The molecular weight excluding hydrogens is 276 g/mol. The zero-order valence-corrected chi connectivity index (χ0v) is 12.3. The van der Waals surface area contributed by atoms with Gasteiger partial charge in [-0.15, -0.1) is 0 Å². The van der Waals surface area contributed by atoms with Crippen LogP contribution in [0.4, 0.5) is 0 Å². The quantitative estimate of drug-likeness (QED) is 0.621. The Balaban J connectivity index is 2.28. The van der Waals surface area contributed by atoms with Crippen molar-refractivity contribution < 1.29 is 8.42 Å². The predicted octanol–water partition coefficient (Wildman–Crippen LogP) is 0.571. The molecule has 108 valence electrons. The van der Waals surface area contributed by atoms with E-state index in [4.69, 9.17) is 5.84 Å². The number of nitrogens with zero attached hydrogens (tertiary/aromatic N) is 2. The van der Waals surface area contributed by atoms with Gasteiger partial charge in [0.15, 0.2) is 9.84 Å². The lowest BCUT2D eigenvalue weighted by Gasteiger charge is -2.16. The SMILES string of the molecule is Cn1cc(CC(NN)c2cccc(S(C)(=O)=O)c2)cn1. The summed E-state index contributed by atoms with van der Waals surface area (Å²) in [5, 5.41) is 4.11. The van der Waals surface area contributed by atoms with Crippen molar-refractivity contribution >= 4 is 9.84 Å². The molecule has 0 radical (unpaired) electrons. The summed E-state index contributed by atoms with van der Waals surface area (Å²) in [5.41, 5.74) is 4.58. The number of hydrogen-bond acceptors (Lipinski definition) is 5. The lowest BCUT2D eigenvalue weighted by Crippen LogP contribution is -2.29. The van der Waals surface area contributed by atoms with E-state index in [0.717, 1.165) is 11.1 Å². The van der Waals surface area contributed by atoms with Crippen LogP contribution < -0.4 is 11.3 Å². The Hall–Kier alpha value is -1.70. The first-order valence-electron chi connectivity index (χ1n) is 6.14. The number of hydrazine groups is 1. The molecule has 0 aliphatic heterocycles. The molecule has 0 aliphatic rings. The van der Waals surface area contributed by atoms with Crippen molar-refractivity contribution in [3.05, 3.63) is 47.8 Å². The molecule has 0 saturated carbocycles. The maximum Gasteiger partial charge on any atom is 0.175 e.